The normalized spacial score (nSPS) is 10.8. The van der Waals surface area contributed by atoms with E-state index in [0.29, 0.717) is 17.4 Å². The quantitative estimate of drug-likeness (QED) is 0.733. The minimum atomic E-state index is -0.249. The molecule has 0 aliphatic carbocycles. The van der Waals surface area contributed by atoms with Crippen LogP contribution in [0.3, 0.4) is 0 Å². The van der Waals surface area contributed by atoms with Crippen molar-refractivity contribution in [3.63, 3.8) is 0 Å². The molecule has 1 N–H and O–H groups in total. The molecule has 22 heavy (non-hydrogen) atoms. The molecule has 3 aromatic heterocycles. The van der Waals surface area contributed by atoms with Gasteiger partial charge in [0.25, 0.3) is 0 Å². The molecule has 0 unspecified atom stereocenters. The largest absolute Gasteiger partial charge is 0.461 e. The van der Waals surface area contributed by atoms with Gasteiger partial charge in [0.05, 0.1) is 12.5 Å². The number of hydrogen-bond donors (Lipinski definition) is 1. The first-order valence-corrected chi connectivity index (χ1v) is 6.89. The monoisotopic (exact) mass is 301 g/mol. The number of carbonyl (C=O) groups is 1. The highest BCUT2D eigenvalue weighted by atomic mass is 16.3. The lowest BCUT2D eigenvalue weighted by molar-refractivity contribution is -0.117. The van der Waals surface area contributed by atoms with Crippen LogP contribution in [0.25, 0.3) is 11.6 Å². The molecule has 3 aromatic rings. The standard InChI is InChI=1S/C13H15N7O2/c1-2-7-19-11(5-6-14-19)15-12(21)9-20-17-13(16-18-20)10-4-3-8-22-10/h3-6,8H,2,7,9H2,1H3,(H,15,21). The molecule has 0 saturated carbocycles. The highest BCUT2D eigenvalue weighted by Gasteiger charge is 2.12. The van der Waals surface area contributed by atoms with Gasteiger partial charge in [-0.3, -0.25) is 4.79 Å². The zero-order valence-corrected chi connectivity index (χ0v) is 12.0. The van der Waals surface area contributed by atoms with Gasteiger partial charge in [0.1, 0.15) is 12.4 Å². The van der Waals surface area contributed by atoms with Crippen LogP contribution in [0.4, 0.5) is 5.82 Å². The first kappa shape index (κ1) is 14.0. The van der Waals surface area contributed by atoms with Crippen LogP contribution in [0, 0.1) is 0 Å². The molecular weight excluding hydrogens is 286 g/mol. The zero-order valence-electron chi connectivity index (χ0n) is 12.0. The van der Waals surface area contributed by atoms with E-state index in [9.17, 15) is 4.79 Å². The number of hydrogen-bond acceptors (Lipinski definition) is 6. The molecule has 114 valence electrons. The summed E-state index contributed by atoms with van der Waals surface area (Å²) in [6.07, 6.45) is 4.10. The van der Waals surface area contributed by atoms with Crippen LogP contribution in [0.5, 0.6) is 0 Å². The lowest BCUT2D eigenvalue weighted by Crippen LogP contribution is -2.22. The summed E-state index contributed by atoms with van der Waals surface area (Å²) in [6, 6.07) is 5.21. The number of rotatable bonds is 6. The van der Waals surface area contributed by atoms with Gasteiger partial charge in [0.2, 0.25) is 11.7 Å². The smallest absolute Gasteiger partial charge is 0.249 e. The predicted octanol–water partition coefficient (Wildman–Crippen LogP) is 1.18. The van der Waals surface area contributed by atoms with Crippen molar-refractivity contribution in [2.75, 3.05) is 5.32 Å². The number of nitrogens with one attached hydrogen (secondary N) is 1. The summed E-state index contributed by atoms with van der Waals surface area (Å²) in [5.41, 5.74) is 0. The fourth-order valence-corrected chi connectivity index (χ4v) is 1.95. The molecule has 0 aliphatic heterocycles. The molecule has 0 saturated heterocycles. The van der Waals surface area contributed by atoms with E-state index >= 15 is 0 Å². The van der Waals surface area contributed by atoms with Crippen LogP contribution < -0.4 is 5.32 Å². The summed E-state index contributed by atoms with van der Waals surface area (Å²) in [7, 11) is 0. The highest BCUT2D eigenvalue weighted by molar-refractivity contribution is 5.89. The van der Waals surface area contributed by atoms with E-state index in [1.165, 1.54) is 11.1 Å². The Bertz CT molecular complexity index is 744. The fraction of sp³-hybridized carbons (Fsp3) is 0.308. The molecule has 0 bridgehead atoms. The van der Waals surface area contributed by atoms with Gasteiger partial charge in [0, 0.05) is 12.6 Å². The second-order valence-corrected chi connectivity index (χ2v) is 4.61. The number of anilines is 1. The third-order valence-corrected chi connectivity index (χ3v) is 2.90. The molecular formula is C13H15N7O2. The van der Waals surface area contributed by atoms with Gasteiger partial charge in [-0.25, -0.2) is 4.68 Å². The highest BCUT2D eigenvalue weighted by Crippen LogP contribution is 2.13. The van der Waals surface area contributed by atoms with Gasteiger partial charge < -0.3 is 9.73 Å². The summed E-state index contributed by atoms with van der Waals surface area (Å²) in [5, 5.41) is 18.7. The maximum Gasteiger partial charge on any atom is 0.249 e. The number of aryl methyl sites for hydroxylation is 1. The number of furan rings is 1. The lowest BCUT2D eigenvalue weighted by atomic mass is 10.4. The SMILES string of the molecule is CCCn1nccc1NC(=O)Cn1nnc(-c2ccco2)n1. The van der Waals surface area contributed by atoms with Crippen LogP contribution in [0.1, 0.15) is 13.3 Å². The van der Waals surface area contributed by atoms with E-state index in [2.05, 4.69) is 25.8 Å². The zero-order chi connectivity index (χ0) is 15.4. The van der Waals surface area contributed by atoms with Crippen molar-refractivity contribution in [1.29, 1.82) is 0 Å². The van der Waals surface area contributed by atoms with Crippen LogP contribution in [-0.2, 0) is 17.9 Å². The minimum Gasteiger partial charge on any atom is -0.461 e. The Hall–Kier alpha value is -2.97. The Balaban J connectivity index is 1.63. The summed E-state index contributed by atoms with van der Waals surface area (Å²) in [5.74, 6) is 1.25. The first-order valence-electron chi connectivity index (χ1n) is 6.89. The fourth-order valence-electron chi connectivity index (χ4n) is 1.95. The van der Waals surface area contributed by atoms with E-state index in [1.807, 2.05) is 6.92 Å². The molecule has 0 atom stereocenters. The van der Waals surface area contributed by atoms with Crippen molar-refractivity contribution < 1.29 is 9.21 Å². The Labute approximate surface area is 125 Å². The molecule has 3 rings (SSSR count). The minimum absolute atomic E-state index is 0.0367. The maximum atomic E-state index is 12.0. The van der Waals surface area contributed by atoms with Gasteiger partial charge in [-0.2, -0.15) is 9.90 Å². The number of carbonyl (C=O) groups excluding carboxylic acids is 1. The van der Waals surface area contributed by atoms with Crippen molar-refractivity contribution in [1.82, 2.24) is 30.0 Å². The van der Waals surface area contributed by atoms with Crippen molar-refractivity contribution in [3.8, 4) is 11.6 Å². The molecule has 3 heterocycles. The van der Waals surface area contributed by atoms with E-state index < -0.39 is 0 Å². The summed E-state index contributed by atoms with van der Waals surface area (Å²) >= 11 is 0. The maximum absolute atomic E-state index is 12.0. The van der Waals surface area contributed by atoms with Gasteiger partial charge >= 0.3 is 0 Å². The van der Waals surface area contributed by atoms with Gasteiger partial charge in [-0.05, 0) is 23.8 Å². The molecule has 0 aliphatic rings. The Morgan fingerprint density at radius 2 is 2.32 bits per heavy atom. The lowest BCUT2D eigenvalue weighted by Gasteiger charge is -2.07. The summed E-state index contributed by atoms with van der Waals surface area (Å²) in [6.45, 7) is 2.75. The number of aromatic nitrogens is 6. The van der Waals surface area contributed by atoms with Crippen LogP contribution in [0.2, 0.25) is 0 Å². The van der Waals surface area contributed by atoms with Crippen molar-refractivity contribution in [3.05, 3.63) is 30.7 Å². The van der Waals surface area contributed by atoms with Crippen LogP contribution >= 0.6 is 0 Å². The number of nitrogens with zero attached hydrogens (tertiary/aromatic N) is 6. The number of tetrazole rings is 1. The van der Waals surface area contributed by atoms with E-state index in [-0.39, 0.29) is 12.5 Å². The summed E-state index contributed by atoms with van der Waals surface area (Å²) < 4.78 is 6.91. The van der Waals surface area contributed by atoms with E-state index in [4.69, 9.17) is 4.42 Å². The van der Waals surface area contributed by atoms with E-state index in [1.54, 1.807) is 29.1 Å². The first-order chi connectivity index (χ1) is 10.8. The average molecular weight is 301 g/mol. The Morgan fingerprint density at radius 1 is 1.41 bits per heavy atom. The van der Waals surface area contributed by atoms with Crippen molar-refractivity contribution >= 4 is 11.7 Å². The molecule has 0 fully saturated rings. The molecule has 9 heteroatoms. The van der Waals surface area contributed by atoms with Crippen molar-refractivity contribution in [2.45, 2.75) is 26.4 Å². The Kier molecular flexibility index (Phi) is 3.95. The molecule has 1 amide bonds. The second kappa shape index (κ2) is 6.20. The number of amides is 1. The summed E-state index contributed by atoms with van der Waals surface area (Å²) in [4.78, 5) is 13.2. The van der Waals surface area contributed by atoms with Gasteiger partial charge in [0.15, 0.2) is 5.76 Å². The molecule has 0 aromatic carbocycles. The molecule has 0 spiro atoms. The van der Waals surface area contributed by atoms with Crippen molar-refractivity contribution in [2.24, 2.45) is 0 Å². The average Bonchev–Trinajstić information content (AvgIpc) is 3.21. The van der Waals surface area contributed by atoms with E-state index in [0.717, 1.165) is 13.0 Å². The Morgan fingerprint density at radius 3 is 3.09 bits per heavy atom. The molecule has 0 radical (unpaired) electrons. The third kappa shape index (κ3) is 3.03. The van der Waals surface area contributed by atoms with Crippen LogP contribution in [0.15, 0.2) is 35.1 Å². The van der Waals surface area contributed by atoms with Gasteiger partial charge in [-0.1, -0.05) is 6.92 Å². The molecule has 9 nitrogen and oxygen atoms in total. The van der Waals surface area contributed by atoms with Crippen LogP contribution in [-0.4, -0.2) is 35.9 Å². The predicted molar refractivity (Wildman–Crippen MR) is 76.7 cm³/mol. The van der Waals surface area contributed by atoms with Gasteiger partial charge in [-0.15, -0.1) is 10.2 Å². The third-order valence-electron chi connectivity index (χ3n) is 2.90. The topological polar surface area (TPSA) is 104 Å². The second-order valence-electron chi connectivity index (χ2n) is 4.61.